The van der Waals surface area contributed by atoms with Gasteiger partial charge in [0, 0.05) is 11.6 Å². The van der Waals surface area contributed by atoms with Crippen molar-refractivity contribution in [3.05, 3.63) is 36.0 Å². The summed E-state index contributed by atoms with van der Waals surface area (Å²) in [6.45, 7) is 4.97. The summed E-state index contributed by atoms with van der Waals surface area (Å²) in [5.74, 6) is 0. The molecule has 7 nitrogen and oxygen atoms in total. The van der Waals surface area contributed by atoms with Crippen molar-refractivity contribution in [1.82, 2.24) is 9.88 Å². The van der Waals surface area contributed by atoms with E-state index in [-0.39, 0.29) is 13.0 Å². The monoisotopic (exact) mass is 334 g/mol. The molecule has 0 radical (unpaired) electrons. The third-order valence-corrected chi connectivity index (χ3v) is 3.41. The standard InChI is InChI=1S/C17H22N2O5/c1-17(2,3)24-15(21)18-12(10-20)8-11-9-19(16(22)23)14-7-5-4-6-13(11)14/h4-7,9,12,20H,8,10H2,1-3H3,(H,18,21)(H,22,23)/t12-/m1/s1. The highest BCUT2D eigenvalue weighted by molar-refractivity contribution is 5.91. The summed E-state index contributed by atoms with van der Waals surface area (Å²) >= 11 is 0. The van der Waals surface area contributed by atoms with Gasteiger partial charge < -0.3 is 20.3 Å². The number of para-hydroxylation sites is 1. The first kappa shape index (κ1) is 17.8. The Kier molecular flexibility index (Phi) is 5.14. The Hall–Kier alpha value is -2.54. The molecule has 3 N–H and O–H groups in total. The van der Waals surface area contributed by atoms with Gasteiger partial charge in [-0.25, -0.2) is 9.59 Å². The van der Waals surface area contributed by atoms with Gasteiger partial charge in [-0.05, 0) is 38.8 Å². The van der Waals surface area contributed by atoms with Crippen molar-refractivity contribution in [3.8, 4) is 0 Å². The average Bonchev–Trinajstić information content (AvgIpc) is 2.84. The molecule has 0 aliphatic carbocycles. The predicted octanol–water partition coefficient (Wildman–Crippen LogP) is 2.60. The minimum Gasteiger partial charge on any atom is -0.464 e. The molecule has 0 unspecified atom stereocenters. The Balaban J connectivity index is 2.21. The molecule has 1 atom stereocenters. The van der Waals surface area contributed by atoms with E-state index >= 15 is 0 Å². The van der Waals surface area contributed by atoms with Gasteiger partial charge in [-0.1, -0.05) is 18.2 Å². The van der Waals surface area contributed by atoms with Crippen molar-refractivity contribution >= 4 is 23.1 Å². The number of carbonyl (C=O) groups excluding carboxylic acids is 1. The van der Waals surface area contributed by atoms with Crippen molar-refractivity contribution in [3.63, 3.8) is 0 Å². The third kappa shape index (κ3) is 4.26. The number of carboxylic acid groups (broad SMARTS) is 1. The maximum Gasteiger partial charge on any atom is 0.416 e. The molecule has 24 heavy (non-hydrogen) atoms. The summed E-state index contributed by atoms with van der Waals surface area (Å²) in [6, 6.07) is 6.52. The van der Waals surface area contributed by atoms with E-state index in [0.29, 0.717) is 5.52 Å². The number of carbonyl (C=O) groups is 2. The topological polar surface area (TPSA) is 101 Å². The van der Waals surface area contributed by atoms with Gasteiger partial charge in [-0.2, -0.15) is 0 Å². The van der Waals surface area contributed by atoms with Gasteiger partial charge in [-0.3, -0.25) is 4.57 Å². The lowest BCUT2D eigenvalue weighted by atomic mass is 10.1. The summed E-state index contributed by atoms with van der Waals surface area (Å²) in [6.07, 6.45) is 0.0878. The SMILES string of the molecule is CC(C)(C)OC(=O)N[C@@H](CO)Cc1cn(C(=O)O)c2ccccc12. The quantitative estimate of drug-likeness (QED) is 0.798. The van der Waals surface area contributed by atoms with Gasteiger partial charge in [0.2, 0.25) is 0 Å². The first-order valence-electron chi connectivity index (χ1n) is 7.64. The summed E-state index contributed by atoms with van der Waals surface area (Å²) in [7, 11) is 0. The summed E-state index contributed by atoms with van der Waals surface area (Å²) in [4.78, 5) is 23.2. The summed E-state index contributed by atoms with van der Waals surface area (Å²) in [5, 5.41) is 22.2. The molecule has 130 valence electrons. The molecule has 1 amide bonds. The molecule has 0 bridgehead atoms. The molecule has 0 spiro atoms. The fraction of sp³-hybridized carbons (Fsp3) is 0.412. The van der Waals surface area contributed by atoms with Crippen LogP contribution >= 0.6 is 0 Å². The van der Waals surface area contributed by atoms with Crippen LogP contribution in [0.25, 0.3) is 10.9 Å². The van der Waals surface area contributed by atoms with E-state index in [9.17, 15) is 19.8 Å². The number of benzene rings is 1. The van der Waals surface area contributed by atoms with Gasteiger partial charge in [0.25, 0.3) is 0 Å². The maximum absolute atomic E-state index is 11.9. The first-order valence-corrected chi connectivity index (χ1v) is 7.64. The van der Waals surface area contributed by atoms with Crippen molar-refractivity contribution in [2.24, 2.45) is 0 Å². The number of hydrogen-bond donors (Lipinski definition) is 3. The van der Waals surface area contributed by atoms with Crippen molar-refractivity contribution < 1.29 is 24.5 Å². The highest BCUT2D eigenvalue weighted by Gasteiger charge is 2.21. The van der Waals surface area contributed by atoms with Gasteiger partial charge in [0.15, 0.2) is 0 Å². The zero-order valence-electron chi connectivity index (χ0n) is 13.9. The molecular formula is C17H22N2O5. The Morgan fingerprint density at radius 1 is 1.29 bits per heavy atom. The molecule has 0 aliphatic heterocycles. The van der Waals surface area contributed by atoms with Gasteiger partial charge in [0.05, 0.1) is 18.2 Å². The summed E-state index contributed by atoms with van der Waals surface area (Å²) < 4.78 is 6.31. The molecule has 1 aromatic heterocycles. The van der Waals surface area contributed by atoms with Gasteiger partial charge in [-0.15, -0.1) is 0 Å². The number of aromatic nitrogens is 1. The molecule has 0 saturated carbocycles. The normalized spacial score (nSPS) is 12.8. The molecule has 2 rings (SSSR count). The maximum atomic E-state index is 11.9. The number of rotatable bonds is 4. The van der Waals surface area contributed by atoms with Crippen molar-refractivity contribution in [1.29, 1.82) is 0 Å². The van der Waals surface area contributed by atoms with Crippen LogP contribution in [0, 0.1) is 0 Å². The largest absolute Gasteiger partial charge is 0.464 e. The Bertz CT molecular complexity index is 745. The van der Waals surface area contributed by atoms with Crippen molar-refractivity contribution in [2.45, 2.75) is 38.8 Å². The number of hydrogen-bond acceptors (Lipinski definition) is 4. The number of aliphatic hydroxyl groups is 1. The fourth-order valence-corrected chi connectivity index (χ4v) is 2.47. The number of nitrogens with one attached hydrogen (secondary N) is 1. The van der Waals surface area contributed by atoms with E-state index in [2.05, 4.69) is 5.32 Å². The second kappa shape index (κ2) is 6.92. The highest BCUT2D eigenvalue weighted by Crippen LogP contribution is 2.22. The van der Waals surface area contributed by atoms with Crippen molar-refractivity contribution in [2.75, 3.05) is 6.61 Å². The second-order valence-corrected chi connectivity index (χ2v) is 6.55. The van der Waals surface area contributed by atoms with Crippen LogP contribution in [0.4, 0.5) is 9.59 Å². The van der Waals surface area contributed by atoms with E-state index in [1.807, 2.05) is 12.1 Å². The van der Waals surface area contributed by atoms with Crippen LogP contribution in [0.2, 0.25) is 0 Å². The van der Waals surface area contributed by atoms with E-state index in [0.717, 1.165) is 15.5 Å². The highest BCUT2D eigenvalue weighted by atomic mass is 16.6. The molecule has 2 aromatic rings. The van der Waals surface area contributed by atoms with Crippen LogP contribution in [0.3, 0.4) is 0 Å². The second-order valence-electron chi connectivity index (χ2n) is 6.55. The lowest BCUT2D eigenvalue weighted by Crippen LogP contribution is -2.42. The molecule has 1 aromatic carbocycles. The number of amides is 1. The first-order chi connectivity index (χ1) is 11.2. The molecule has 0 fully saturated rings. The van der Waals surface area contributed by atoms with Crippen LogP contribution in [0.15, 0.2) is 30.5 Å². The van der Waals surface area contributed by atoms with Gasteiger partial charge >= 0.3 is 12.2 Å². The smallest absolute Gasteiger partial charge is 0.416 e. The van der Waals surface area contributed by atoms with E-state index in [4.69, 9.17) is 4.74 Å². The number of alkyl carbamates (subject to hydrolysis) is 1. The number of fused-ring (bicyclic) bond motifs is 1. The molecule has 7 heteroatoms. The van der Waals surface area contributed by atoms with E-state index < -0.39 is 23.8 Å². The zero-order valence-corrected chi connectivity index (χ0v) is 13.9. The zero-order chi connectivity index (χ0) is 17.9. The van der Waals surface area contributed by atoms with Crippen LogP contribution in [-0.4, -0.2) is 45.2 Å². The lowest BCUT2D eigenvalue weighted by Gasteiger charge is -2.22. The van der Waals surface area contributed by atoms with Gasteiger partial charge in [0.1, 0.15) is 5.60 Å². The van der Waals surface area contributed by atoms with E-state index in [1.165, 1.54) is 6.20 Å². The average molecular weight is 334 g/mol. The van der Waals surface area contributed by atoms with E-state index in [1.54, 1.807) is 32.9 Å². The van der Waals surface area contributed by atoms with Crippen LogP contribution < -0.4 is 5.32 Å². The third-order valence-electron chi connectivity index (χ3n) is 3.41. The Morgan fingerprint density at radius 3 is 2.54 bits per heavy atom. The minimum absolute atomic E-state index is 0.286. The minimum atomic E-state index is -1.09. The van der Waals surface area contributed by atoms with Crippen LogP contribution in [0.1, 0.15) is 26.3 Å². The fourth-order valence-electron chi connectivity index (χ4n) is 2.47. The number of aliphatic hydroxyl groups excluding tert-OH is 1. The molecular weight excluding hydrogens is 312 g/mol. The molecule has 1 heterocycles. The summed E-state index contributed by atoms with van der Waals surface area (Å²) in [5.41, 5.74) is 0.653. The Labute approximate surface area is 139 Å². The van der Waals surface area contributed by atoms with Crippen LogP contribution in [0.5, 0.6) is 0 Å². The molecule has 0 aliphatic rings. The van der Waals surface area contributed by atoms with Crippen LogP contribution in [-0.2, 0) is 11.2 Å². The number of nitrogens with zero attached hydrogens (tertiary/aromatic N) is 1. The predicted molar refractivity (Wildman–Crippen MR) is 89.3 cm³/mol. The molecule has 0 saturated heterocycles. The lowest BCUT2D eigenvalue weighted by molar-refractivity contribution is 0.0483. The number of ether oxygens (including phenoxy) is 1. The Morgan fingerprint density at radius 2 is 1.96 bits per heavy atom.